The molecule has 0 spiro atoms. The average molecular weight is 581 g/mol. The third-order valence-corrected chi connectivity index (χ3v) is 5.93. The van der Waals surface area contributed by atoms with Gasteiger partial charge in [-0.2, -0.15) is 0 Å². The number of carboxylic acid groups (broad SMARTS) is 1. The zero-order valence-electron chi connectivity index (χ0n) is 22.2. The molecule has 15 nitrogen and oxygen atoms in total. The molecule has 224 valence electrons. The van der Waals surface area contributed by atoms with Crippen molar-refractivity contribution < 1.29 is 63.0 Å². The van der Waals surface area contributed by atoms with Crippen molar-refractivity contribution in [2.45, 2.75) is 51.0 Å². The molecule has 1 aromatic carbocycles. The zero-order chi connectivity index (χ0) is 29.9. The van der Waals surface area contributed by atoms with E-state index in [1.807, 2.05) is 0 Å². The van der Waals surface area contributed by atoms with Crippen LogP contribution in [0.5, 0.6) is 11.5 Å². The predicted molar refractivity (Wildman–Crippen MR) is 135 cm³/mol. The van der Waals surface area contributed by atoms with Crippen LogP contribution in [0.1, 0.15) is 25.3 Å². The standard InChI is InChI=1S/C26H32N2O13/c1-15(29)39-14-16-2-3-17(40-23-13-18(30)24(34)25(41-23)26(35)36)12-19(16)38-11-10-37-9-7-27-20(31)6-8-28-21(32)4-5-22(28)33/h2-5,12,18,23-25,30,34H,6-11,13-14H2,1H3,(H,27,31)(H,35,36)/t18-,23-,24+,25+/m1/s1. The maximum absolute atomic E-state index is 11.9. The van der Waals surface area contributed by atoms with E-state index in [2.05, 4.69) is 5.32 Å². The highest BCUT2D eigenvalue weighted by atomic mass is 16.7. The van der Waals surface area contributed by atoms with Gasteiger partial charge in [0.25, 0.3) is 11.8 Å². The maximum Gasteiger partial charge on any atom is 0.335 e. The van der Waals surface area contributed by atoms with Crippen LogP contribution in [-0.2, 0) is 44.8 Å². The quantitative estimate of drug-likeness (QED) is 0.110. The summed E-state index contributed by atoms with van der Waals surface area (Å²) in [6.07, 6.45) is -3.70. The zero-order valence-corrected chi connectivity index (χ0v) is 22.2. The molecular weight excluding hydrogens is 548 g/mol. The van der Waals surface area contributed by atoms with E-state index in [4.69, 9.17) is 23.7 Å². The fraction of sp³-hybridized carbons (Fsp3) is 0.500. The molecular formula is C26H32N2O13. The van der Waals surface area contributed by atoms with Gasteiger partial charge in [-0.25, -0.2) is 4.79 Å². The molecule has 2 heterocycles. The number of nitrogens with zero attached hydrogens (tertiary/aromatic N) is 1. The molecule has 2 aliphatic heterocycles. The van der Waals surface area contributed by atoms with Crippen LogP contribution in [0.25, 0.3) is 0 Å². The number of hydrogen-bond acceptors (Lipinski definition) is 12. The van der Waals surface area contributed by atoms with Gasteiger partial charge in [0.2, 0.25) is 12.2 Å². The van der Waals surface area contributed by atoms with Crippen LogP contribution in [0.3, 0.4) is 0 Å². The second-order valence-corrected chi connectivity index (χ2v) is 9.01. The van der Waals surface area contributed by atoms with Crippen molar-refractivity contribution in [3.05, 3.63) is 35.9 Å². The number of aliphatic carboxylic acids is 1. The Morgan fingerprint density at radius 1 is 1.10 bits per heavy atom. The largest absolute Gasteiger partial charge is 0.491 e. The molecule has 0 bridgehead atoms. The van der Waals surface area contributed by atoms with Gasteiger partial charge in [-0.15, -0.1) is 0 Å². The van der Waals surface area contributed by atoms with Crippen LogP contribution >= 0.6 is 0 Å². The van der Waals surface area contributed by atoms with Crippen molar-refractivity contribution in [1.29, 1.82) is 0 Å². The van der Waals surface area contributed by atoms with E-state index in [0.717, 1.165) is 17.1 Å². The van der Waals surface area contributed by atoms with Crippen molar-refractivity contribution in [2.24, 2.45) is 0 Å². The lowest BCUT2D eigenvalue weighted by Gasteiger charge is -2.34. The number of aliphatic hydroxyl groups is 2. The van der Waals surface area contributed by atoms with Crippen LogP contribution in [-0.4, -0.2) is 107 Å². The van der Waals surface area contributed by atoms with Gasteiger partial charge in [-0.3, -0.25) is 24.1 Å². The molecule has 3 rings (SSSR count). The second kappa shape index (κ2) is 15.1. The van der Waals surface area contributed by atoms with Gasteiger partial charge in [0, 0.05) is 56.6 Å². The third kappa shape index (κ3) is 9.53. The smallest absolute Gasteiger partial charge is 0.335 e. The Bertz CT molecular complexity index is 1140. The molecule has 0 saturated carbocycles. The molecule has 3 amide bonds. The first-order valence-electron chi connectivity index (χ1n) is 12.7. The van der Waals surface area contributed by atoms with Gasteiger partial charge in [-0.05, 0) is 12.1 Å². The van der Waals surface area contributed by atoms with Crippen molar-refractivity contribution >= 4 is 29.7 Å². The van der Waals surface area contributed by atoms with E-state index in [9.17, 15) is 39.3 Å². The first-order valence-corrected chi connectivity index (χ1v) is 12.7. The van der Waals surface area contributed by atoms with Crippen molar-refractivity contribution in [3.63, 3.8) is 0 Å². The highest BCUT2D eigenvalue weighted by Crippen LogP contribution is 2.29. The molecule has 15 heteroatoms. The molecule has 0 aromatic heterocycles. The summed E-state index contributed by atoms with van der Waals surface area (Å²) >= 11 is 0. The molecule has 0 radical (unpaired) electrons. The molecule has 41 heavy (non-hydrogen) atoms. The predicted octanol–water partition coefficient (Wildman–Crippen LogP) is -1.12. The number of carboxylic acids is 1. The van der Waals surface area contributed by atoms with Gasteiger partial charge in [0.05, 0.1) is 19.3 Å². The van der Waals surface area contributed by atoms with Crippen molar-refractivity contribution in [1.82, 2.24) is 10.2 Å². The number of esters is 1. The number of nitrogens with one attached hydrogen (secondary N) is 1. The first-order chi connectivity index (χ1) is 19.5. The van der Waals surface area contributed by atoms with Gasteiger partial charge < -0.3 is 44.3 Å². The maximum atomic E-state index is 11.9. The fourth-order valence-corrected chi connectivity index (χ4v) is 3.84. The van der Waals surface area contributed by atoms with Crippen LogP contribution in [0.2, 0.25) is 0 Å². The number of carbonyl (C=O) groups excluding carboxylic acids is 4. The van der Waals surface area contributed by atoms with Gasteiger partial charge >= 0.3 is 11.9 Å². The van der Waals surface area contributed by atoms with E-state index >= 15 is 0 Å². The van der Waals surface area contributed by atoms with Gasteiger partial charge in [0.1, 0.15) is 30.8 Å². The molecule has 1 fully saturated rings. The minimum Gasteiger partial charge on any atom is -0.491 e. The van der Waals surface area contributed by atoms with Crippen LogP contribution in [0, 0.1) is 0 Å². The highest BCUT2D eigenvalue weighted by molar-refractivity contribution is 6.13. The van der Waals surface area contributed by atoms with Crippen LogP contribution in [0.15, 0.2) is 30.4 Å². The van der Waals surface area contributed by atoms with E-state index in [1.165, 1.54) is 19.1 Å². The molecule has 0 aliphatic carbocycles. The molecule has 1 aromatic rings. The number of carbonyl (C=O) groups is 5. The van der Waals surface area contributed by atoms with Crippen molar-refractivity contribution in [3.8, 4) is 11.5 Å². The van der Waals surface area contributed by atoms with Gasteiger partial charge in [-0.1, -0.05) is 0 Å². The molecule has 0 unspecified atom stereocenters. The van der Waals surface area contributed by atoms with Gasteiger partial charge in [0.15, 0.2) is 6.10 Å². The number of imide groups is 1. The fourth-order valence-electron chi connectivity index (χ4n) is 3.84. The minimum absolute atomic E-state index is 0.0147. The molecule has 4 atom stereocenters. The summed E-state index contributed by atoms with van der Waals surface area (Å²) in [6.45, 7) is 1.72. The van der Waals surface area contributed by atoms with E-state index < -0.39 is 48.4 Å². The summed E-state index contributed by atoms with van der Waals surface area (Å²) in [6, 6.07) is 4.57. The lowest BCUT2D eigenvalue weighted by Crippen LogP contribution is -2.53. The van der Waals surface area contributed by atoms with Crippen LogP contribution in [0.4, 0.5) is 0 Å². The topological polar surface area (TPSA) is 207 Å². The number of ether oxygens (including phenoxy) is 5. The summed E-state index contributed by atoms with van der Waals surface area (Å²) in [5, 5.41) is 31.6. The van der Waals surface area contributed by atoms with Crippen molar-refractivity contribution in [2.75, 3.05) is 32.9 Å². The number of hydrogen-bond donors (Lipinski definition) is 4. The number of amides is 3. The third-order valence-electron chi connectivity index (χ3n) is 5.93. The van der Waals surface area contributed by atoms with E-state index in [-0.39, 0.29) is 69.8 Å². The molecule has 1 saturated heterocycles. The van der Waals surface area contributed by atoms with Crippen LogP contribution < -0.4 is 14.8 Å². The van der Waals surface area contributed by atoms with E-state index in [0.29, 0.717) is 5.56 Å². The SMILES string of the molecule is CC(=O)OCc1ccc(O[C@H]2C[C@@H](O)[C@H](O)[C@@H](C(=O)O)O2)cc1OCCOCCNC(=O)CCN1C(=O)C=CC1=O. The Kier molecular flexibility index (Phi) is 11.6. The Balaban J connectivity index is 1.44. The number of aliphatic hydroxyl groups excluding tert-OH is 2. The second-order valence-electron chi connectivity index (χ2n) is 9.01. The molecule has 2 aliphatic rings. The monoisotopic (exact) mass is 580 g/mol. The van der Waals surface area contributed by atoms with E-state index in [1.54, 1.807) is 6.07 Å². The highest BCUT2D eigenvalue weighted by Gasteiger charge is 2.42. The number of rotatable bonds is 15. The Morgan fingerprint density at radius 2 is 1.83 bits per heavy atom. The lowest BCUT2D eigenvalue weighted by molar-refractivity contribution is -0.228. The average Bonchev–Trinajstić information content (AvgIpc) is 3.24. The lowest BCUT2D eigenvalue weighted by atomic mass is 10.0. The summed E-state index contributed by atoms with van der Waals surface area (Å²) < 4.78 is 27.2. The normalized spacial score (nSPS) is 22.0. The summed E-state index contributed by atoms with van der Waals surface area (Å²) in [5.41, 5.74) is 0.508. The molecule has 4 N–H and O–H groups in total. The minimum atomic E-state index is -1.67. The summed E-state index contributed by atoms with van der Waals surface area (Å²) in [5.74, 6) is -2.70. The Labute approximate surface area is 234 Å². The number of benzene rings is 1. The Morgan fingerprint density at radius 3 is 2.51 bits per heavy atom. The summed E-state index contributed by atoms with van der Waals surface area (Å²) in [4.78, 5) is 58.5. The summed E-state index contributed by atoms with van der Waals surface area (Å²) in [7, 11) is 0. The Hall–Kier alpha value is -4.05. The first kappa shape index (κ1) is 31.5.